The van der Waals surface area contributed by atoms with Crippen molar-refractivity contribution in [3.8, 4) is 0 Å². The van der Waals surface area contributed by atoms with E-state index in [1.807, 2.05) is 0 Å². The van der Waals surface area contributed by atoms with Crippen LogP contribution in [0.2, 0.25) is 0 Å². The van der Waals surface area contributed by atoms with E-state index in [1.165, 1.54) is 10.5 Å². The zero-order chi connectivity index (χ0) is 12.8. The van der Waals surface area contributed by atoms with Gasteiger partial charge in [-0.15, -0.1) is 35.9 Å². The van der Waals surface area contributed by atoms with Crippen LogP contribution in [0.4, 0.5) is 0 Å². The van der Waals surface area contributed by atoms with Crippen LogP contribution in [-0.4, -0.2) is 35.9 Å². The van der Waals surface area contributed by atoms with Gasteiger partial charge in [0.2, 0.25) is 5.91 Å². The van der Waals surface area contributed by atoms with Crippen molar-refractivity contribution in [1.82, 2.24) is 10.6 Å². The lowest BCUT2D eigenvalue weighted by atomic mass is 10.2. The maximum Gasteiger partial charge on any atom is 0.238 e. The molecule has 0 saturated carbocycles. The molecule has 6 heteroatoms. The fourth-order valence-corrected chi connectivity index (χ4v) is 3.37. The van der Waals surface area contributed by atoms with Crippen molar-refractivity contribution in [3.63, 3.8) is 0 Å². The van der Waals surface area contributed by atoms with Crippen molar-refractivity contribution in [1.29, 1.82) is 0 Å². The molecule has 0 bridgehead atoms. The van der Waals surface area contributed by atoms with Gasteiger partial charge in [-0.1, -0.05) is 17.7 Å². The van der Waals surface area contributed by atoms with Crippen LogP contribution in [0, 0.1) is 6.92 Å². The molecule has 0 radical (unpaired) electrons. The van der Waals surface area contributed by atoms with Crippen LogP contribution < -0.4 is 10.6 Å². The molecule has 1 aromatic rings. The van der Waals surface area contributed by atoms with Gasteiger partial charge in [-0.25, -0.2) is 0 Å². The van der Waals surface area contributed by atoms with E-state index in [0.717, 1.165) is 23.9 Å². The third-order valence-electron chi connectivity index (χ3n) is 2.72. The highest BCUT2D eigenvalue weighted by Gasteiger charge is 2.21. The number of hydrogen-bond donors (Lipinski definition) is 2. The van der Waals surface area contributed by atoms with Crippen molar-refractivity contribution in [2.24, 2.45) is 0 Å². The fraction of sp³-hybridized carbons (Fsp3) is 0.462. The largest absolute Gasteiger partial charge is 0.354 e. The summed E-state index contributed by atoms with van der Waals surface area (Å²) in [5.74, 6) is 2.81. The zero-order valence-corrected chi connectivity index (χ0v) is 13.3. The Bertz CT molecular complexity index is 394. The second kappa shape index (κ2) is 8.74. The number of aryl methyl sites for hydroxylation is 1. The normalized spacial score (nSPS) is 17.8. The molecule has 0 aliphatic carbocycles. The first-order valence-electron chi connectivity index (χ1n) is 6.04. The molecule has 1 unspecified atom stereocenters. The van der Waals surface area contributed by atoms with E-state index in [9.17, 15) is 4.79 Å². The SMILES string of the molecule is Cc1ccc(SCCNC(=O)C2CSCN2)cc1.Cl. The molecule has 1 heterocycles. The summed E-state index contributed by atoms with van der Waals surface area (Å²) in [6, 6.07) is 8.47. The number of carbonyl (C=O) groups is 1. The average molecular weight is 319 g/mol. The lowest BCUT2D eigenvalue weighted by molar-refractivity contribution is -0.122. The van der Waals surface area contributed by atoms with Gasteiger partial charge in [0.25, 0.3) is 0 Å². The fourth-order valence-electron chi connectivity index (χ4n) is 1.66. The van der Waals surface area contributed by atoms with Gasteiger partial charge in [0.05, 0.1) is 6.04 Å². The minimum absolute atomic E-state index is 0. The van der Waals surface area contributed by atoms with Crippen molar-refractivity contribution in [3.05, 3.63) is 29.8 Å². The Balaban J connectivity index is 0.00000180. The van der Waals surface area contributed by atoms with Crippen LogP contribution in [0.15, 0.2) is 29.2 Å². The first-order chi connectivity index (χ1) is 8.75. The first kappa shape index (κ1) is 16.7. The summed E-state index contributed by atoms with van der Waals surface area (Å²) in [5, 5.41) is 6.14. The highest BCUT2D eigenvalue weighted by molar-refractivity contribution is 7.99. The summed E-state index contributed by atoms with van der Waals surface area (Å²) < 4.78 is 0. The molecular formula is C13H19ClN2OS2. The lowest BCUT2D eigenvalue weighted by Gasteiger charge is -2.10. The molecular weight excluding hydrogens is 300 g/mol. The van der Waals surface area contributed by atoms with Crippen LogP contribution >= 0.6 is 35.9 Å². The summed E-state index contributed by atoms with van der Waals surface area (Å²) in [4.78, 5) is 13.0. The van der Waals surface area contributed by atoms with E-state index >= 15 is 0 Å². The van der Waals surface area contributed by atoms with E-state index < -0.39 is 0 Å². The van der Waals surface area contributed by atoms with E-state index in [4.69, 9.17) is 0 Å². The minimum atomic E-state index is -0.000579. The topological polar surface area (TPSA) is 41.1 Å². The van der Waals surface area contributed by atoms with Crippen molar-refractivity contribution >= 4 is 41.8 Å². The van der Waals surface area contributed by atoms with Crippen LogP contribution in [-0.2, 0) is 4.79 Å². The molecule has 1 saturated heterocycles. The number of benzene rings is 1. The van der Waals surface area contributed by atoms with Gasteiger partial charge in [-0.3, -0.25) is 10.1 Å². The Morgan fingerprint density at radius 2 is 2.21 bits per heavy atom. The highest BCUT2D eigenvalue weighted by atomic mass is 35.5. The molecule has 1 amide bonds. The molecule has 2 rings (SSSR count). The van der Waals surface area contributed by atoms with Gasteiger partial charge >= 0.3 is 0 Å². The molecule has 0 aromatic heterocycles. The Labute approximate surface area is 129 Å². The lowest BCUT2D eigenvalue weighted by Crippen LogP contribution is -2.42. The first-order valence-corrected chi connectivity index (χ1v) is 8.18. The second-order valence-electron chi connectivity index (χ2n) is 4.22. The van der Waals surface area contributed by atoms with E-state index in [2.05, 4.69) is 41.8 Å². The van der Waals surface area contributed by atoms with Crippen LogP contribution in [0.3, 0.4) is 0 Å². The molecule has 1 fully saturated rings. The third kappa shape index (κ3) is 5.65. The summed E-state index contributed by atoms with van der Waals surface area (Å²) in [5.41, 5.74) is 1.28. The zero-order valence-electron chi connectivity index (χ0n) is 10.8. The van der Waals surface area contributed by atoms with Crippen molar-refractivity contribution in [2.75, 3.05) is 23.9 Å². The minimum Gasteiger partial charge on any atom is -0.354 e. The molecule has 1 atom stereocenters. The van der Waals surface area contributed by atoms with Gasteiger partial charge in [0.15, 0.2) is 0 Å². The van der Waals surface area contributed by atoms with Gasteiger partial charge < -0.3 is 5.32 Å². The van der Waals surface area contributed by atoms with Crippen LogP contribution in [0.25, 0.3) is 0 Å². The van der Waals surface area contributed by atoms with Crippen LogP contribution in [0.5, 0.6) is 0 Å². The Hall–Kier alpha value is -0.360. The maximum atomic E-state index is 11.7. The maximum absolute atomic E-state index is 11.7. The number of nitrogens with one attached hydrogen (secondary N) is 2. The monoisotopic (exact) mass is 318 g/mol. The van der Waals surface area contributed by atoms with Gasteiger partial charge in [-0.05, 0) is 19.1 Å². The van der Waals surface area contributed by atoms with Crippen molar-refractivity contribution < 1.29 is 4.79 Å². The predicted octanol–water partition coefficient (Wildman–Crippen LogP) is 2.29. The predicted molar refractivity (Wildman–Crippen MR) is 86.4 cm³/mol. The summed E-state index contributed by atoms with van der Waals surface area (Å²) in [6.07, 6.45) is 0. The number of hydrogen-bond acceptors (Lipinski definition) is 4. The number of carbonyl (C=O) groups excluding carboxylic acids is 1. The Morgan fingerprint density at radius 1 is 1.47 bits per heavy atom. The summed E-state index contributed by atoms with van der Waals surface area (Å²) in [6.45, 7) is 2.81. The van der Waals surface area contributed by atoms with E-state index in [0.29, 0.717) is 0 Å². The average Bonchev–Trinajstić information content (AvgIpc) is 2.90. The molecule has 2 N–H and O–H groups in total. The summed E-state index contributed by atoms with van der Waals surface area (Å²) in [7, 11) is 0. The number of amides is 1. The molecule has 0 spiro atoms. The number of halogens is 1. The standard InChI is InChI=1S/C13H18N2OS2.ClH/c1-10-2-4-11(5-3-10)18-7-6-14-13(16)12-8-17-9-15-12;/h2-5,12,15H,6-9H2,1H3,(H,14,16);1H. The Morgan fingerprint density at radius 3 is 2.84 bits per heavy atom. The summed E-state index contributed by atoms with van der Waals surface area (Å²) >= 11 is 3.54. The van der Waals surface area contributed by atoms with Gasteiger partial charge in [0.1, 0.15) is 0 Å². The molecule has 1 aromatic carbocycles. The number of rotatable bonds is 5. The quantitative estimate of drug-likeness (QED) is 0.645. The molecule has 3 nitrogen and oxygen atoms in total. The Kier molecular flexibility index (Phi) is 7.68. The second-order valence-corrected chi connectivity index (χ2v) is 6.42. The molecule has 19 heavy (non-hydrogen) atoms. The van der Waals surface area contributed by atoms with E-state index in [1.54, 1.807) is 23.5 Å². The third-order valence-corrected chi connectivity index (χ3v) is 4.68. The molecule has 1 aliphatic heterocycles. The van der Waals surface area contributed by atoms with E-state index in [-0.39, 0.29) is 24.4 Å². The van der Waals surface area contributed by atoms with Gasteiger partial charge in [0, 0.05) is 28.8 Å². The number of thioether (sulfide) groups is 2. The van der Waals surface area contributed by atoms with Crippen LogP contribution in [0.1, 0.15) is 5.56 Å². The smallest absolute Gasteiger partial charge is 0.238 e. The van der Waals surface area contributed by atoms with Gasteiger partial charge in [-0.2, -0.15) is 0 Å². The van der Waals surface area contributed by atoms with Crippen molar-refractivity contribution in [2.45, 2.75) is 17.9 Å². The molecule has 1 aliphatic rings. The molecule has 106 valence electrons. The highest BCUT2D eigenvalue weighted by Crippen LogP contribution is 2.17.